The molecule has 2 fully saturated rings. The third-order valence-corrected chi connectivity index (χ3v) is 5.87. The molecule has 0 radical (unpaired) electrons. The van der Waals surface area contributed by atoms with E-state index in [1.54, 1.807) is 7.11 Å². The summed E-state index contributed by atoms with van der Waals surface area (Å²) in [5.74, 6) is 1.74. The minimum atomic E-state index is 0.275. The Labute approximate surface area is 181 Å². The van der Waals surface area contributed by atoms with Gasteiger partial charge in [-0.25, -0.2) is 0 Å². The number of benzene rings is 1. The Kier molecular flexibility index (Phi) is 9.73. The van der Waals surface area contributed by atoms with E-state index in [0.29, 0.717) is 6.04 Å². The van der Waals surface area contributed by atoms with E-state index in [1.165, 1.54) is 24.8 Å². The summed E-state index contributed by atoms with van der Waals surface area (Å²) in [5.41, 5.74) is 1.31. The number of rotatable bonds is 10. The molecule has 0 saturated carbocycles. The van der Waals surface area contributed by atoms with Gasteiger partial charge in [0, 0.05) is 33.4 Å². The SMILES string of the molecule is CN=C(NCCCOC1CCOC1)NCC(c1ccc(OC)cc1)N1CCCCC1. The molecule has 2 heterocycles. The molecule has 0 spiro atoms. The minimum absolute atomic E-state index is 0.275. The number of hydrogen-bond donors (Lipinski definition) is 2. The molecule has 2 aliphatic rings. The first-order chi connectivity index (χ1) is 14.8. The fourth-order valence-electron chi connectivity index (χ4n) is 4.10. The zero-order valence-electron chi connectivity index (χ0n) is 18.6. The van der Waals surface area contributed by atoms with E-state index < -0.39 is 0 Å². The van der Waals surface area contributed by atoms with Crippen LogP contribution in [0.2, 0.25) is 0 Å². The molecule has 7 heteroatoms. The Morgan fingerprint density at radius 3 is 2.67 bits per heavy atom. The molecule has 0 aromatic heterocycles. The van der Waals surface area contributed by atoms with Gasteiger partial charge in [-0.2, -0.15) is 0 Å². The van der Waals surface area contributed by atoms with Crippen LogP contribution in [0.5, 0.6) is 5.75 Å². The van der Waals surface area contributed by atoms with Crippen molar-refractivity contribution < 1.29 is 14.2 Å². The van der Waals surface area contributed by atoms with Crippen LogP contribution >= 0.6 is 0 Å². The smallest absolute Gasteiger partial charge is 0.191 e. The molecular formula is C23H38N4O3. The van der Waals surface area contributed by atoms with Crippen LogP contribution in [0.4, 0.5) is 0 Å². The predicted octanol–water partition coefficient (Wildman–Crippen LogP) is 2.58. The van der Waals surface area contributed by atoms with Gasteiger partial charge in [-0.15, -0.1) is 0 Å². The van der Waals surface area contributed by atoms with Crippen LogP contribution in [0.25, 0.3) is 0 Å². The highest BCUT2D eigenvalue weighted by molar-refractivity contribution is 5.79. The molecule has 2 atom stereocenters. The summed E-state index contributed by atoms with van der Waals surface area (Å²) in [6.07, 6.45) is 6.11. The number of guanidine groups is 1. The second kappa shape index (κ2) is 12.8. The standard InChI is InChI=1S/C23H38N4O3/c1-24-23(25-12-6-15-30-21-11-16-29-18-21)26-17-22(27-13-4-3-5-14-27)19-7-9-20(28-2)10-8-19/h7-10,21-22H,3-6,11-18H2,1-2H3,(H2,24,25,26). The first-order valence-electron chi connectivity index (χ1n) is 11.3. The highest BCUT2D eigenvalue weighted by Crippen LogP contribution is 2.25. The largest absolute Gasteiger partial charge is 0.497 e. The van der Waals surface area contributed by atoms with Crippen molar-refractivity contribution in [2.24, 2.45) is 4.99 Å². The highest BCUT2D eigenvalue weighted by atomic mass is 16.5. The van der Waals surface area contributed by atoms with Crippen molar-refractivity contribution in [2.75, 3.05) is 60.2 Å². The summed E-state index contributed by atoms with van der Waals surface area (Å²) < 4.78 is 16.5. The number of methoxy groups -OCH3 is 1. The molecule has 1 aromatic carbocycles. The zero-order valence-corrected chi connectivity index (χ0v) is 18.6. The average molecular weight is 419 g/mol. The van der Waals surface area contributed by atoms with Crippen LogP contribution in [0.3, 0.4) is 0 Å². The van der Waals surface area contributed by atoms with Gasteiger partial charge in [-0.3, -0.25) is 9.89 Å². The Bertz CT molecular complexity index is 626. The van der Waals surface area contributed by atoms with Gasteiger partial charge in [-0.1, -0.05) is 18.6 Å². The minimum Gasteiger partial charge on any atom is -0.497 e. The fraction of sp³-hybridized carbons (Fsp3) is 0.696. The summed E-state index contributed by atoms with van der Waals surface area (Å²) >= 11 is 0. The molecule has 3 rings (SSSR count). The maximum atomic E-state index is 5.83. The van der Waals surface area contributed by atoms with Crippen molar-refractivity contribution in [3.63, 3.8) is 0 Å². The Morgan fingerprint density at radius 2 is 2.00 bits per heavy atom. The van der Waals surface area contributed by atoms with Crippen molar-refractivity contribution in [3.8, 4) is 5.75 Å². The normalized spacial score (nSPS) is 21.4. The fourth-order valence-corrected chi connectivity index (χ4v) is 4.10. The lowest BCUT2D eigenvalue weighted by Gasteiger charge is -2.35. The predicted molar refractivity (Wildman–Crippen MR) is 120 cm³/mol. The number of nitrogens with one attached hydrogen (secondary N) is 2. The van der Waals surface area contributed by atoms with E-state index >= 15 is 0 Å². The van der Waals surface area contributed by atoms with Gasteiger partial charge in [-0.05, 0) is 56.5 Å². The van der Waals surface area contributed by atoms with E-state index in [9.17, 15) is 0 Å². The van der Waals surface area contributed by atoms with Gasteiger partial charge < -0.3 is 24.8 Å². The summed E-state index contributed by atoms with van der Waals surface area (Å²) in [5, 5.41) is 6.94. The number of piperidine rings is 1. The quantitative estimate of drug-likeness (QED) is 0.346. The number of likely N-dealkylation sites (tertiary alicyclic amines) is 1. The molecule has 0 aliphatic carbocycles. The first-order valence-corrected chi connectivity index (χ1v) is 11.3. The van der Waals surface area contributed by atoms with Crippen LogP contribution in [0.15, 0.2) is 29.3 Å². The molecule has 7 nitrogen and oxygen atoms in total. The lowest BCUT2D eigenvalue weighted by molar-refractivity contribution is 0.0420. The molecule has 2 N–H and O–H groups in total. The molecule has 0 bridgehead atoms. The highest BCUT2D eigenvalue weighted by Gasteiger charge is 2.22. The van der Waals surface area contributed by atoms with E-state index in [-0.39, 0.29) is 6.10 Å². The second-order valence-electron chi connectivity index (χ2n) is 7.98. The van der Waals surface area contributed by atoms with E-state index in [0.717, 1.165) is 70.6 Å². The molecule has 0 amide bonds. The molecular weight excluding hydrogens is 380 g/mol. The summed E-state index contributed by atoms with van der Waals surface area (Å²) in [6.45, 7) is 6.26. The molecule has 2 saturated heterocycles. The van der Waals surface area contributed by atoms with Gasteiger partial charge in [0.2, 0.25) is 0 Å². The van der Waals surface area contributed by atoms with Crippen molar-refractivity contribution in [1.82, 2.24) is 15.5 Å². The van der Waals surface area contributed by atoms with E-state index in [1.807, 2.05) is 7.05 Å². The van der Waals surface area contributed by atoms with Crippen LogP contribution in [-0.2, 0) is 9.47 Å². The summed E-state index contributed by atoms with van der Waals surface area (Å²) in [4.78, 5) is 6.98. The maximum absolute atomic E-state index is 5.83. The third kappa shape index (κ3) is 7.15. The van der Waals surface area contributed by atoms with Crippen molar-refractivity contribution in [2.45, 2.75) is 44.2 Å². The average Bonchev–Trinajstić information content (AvgIpc) is 3.32. The summed E-state index contributed by atoms with van der Waals surface area (Å²) in [7, 11) is 3.53. The van der Waals surface area contributed by atoms with Gasteiger partial charge >= 0.3 is 0 Å². The number of ether oxygens (including phenoxy) is 3. The first kappa shape index (κ1) is 22.8. The molecule has 1 aromatic rings. The van der Waals surface area contributed by atoms with Gasteiger partial charge in [0.1, 0.15) is 5.75 Å². The zero-order chi connectivity index (χ0) is 21.0. The van der Waals surface area contributed by atoms with Crippen molar-refractivity contribution in [1.29, 1.82) is 0 Å². The monoisotopic (exact) mass is 418 g/mol. The van der Waals surface area contributed by atoms with Crippen molar-refractivity contribution in [3.05, 3.63) is 29.8 Å². The maximum Gasteiger partial charge on any atom is 0.191 e. The topological polar surface area (TPSA) is 67.4 Å². The van der Waals surface area contributed by atoms with Gasteiger partial charge in [0.05, 0.1) is 25.9 Å². The second-order valence-corrected chi connectivity index (χ2v) is 7.98. The lowest BCUT2D eigenvalue weighted by Crippen LogP contribution is -2.44. The summed E-state index contributed by atoms with van der Waals surface area (Å²) in [6, 6.07) is 8.78. The Morgan fingerprint density at radius 1 is 1.20 bits per heavy atom. The molecule has 2 aliphatic heterocycles. The van der Waals surface area contributed by atoms with Crippen LogP contribution in [0, 0.1) is 0 Å². The van der Waals surface area contributed by atoms with Gasteiger partial charge in [0.25, 0.3) is 0 Å². The Balaban J connectivity index is 1.47. The van der Waals surface area contributed by atoms with Crippen molar-refractivity contribution >= 4 is 5.96 Å². The molecule has 2 unspecified atom stereocenters. The number of hydrogen-bond acceptors (Lipinski definition) is 5. The van der Waals surface area contributed by atoms with Gasteiger partial charge in [0.15, 0.2) is 5.96 Å². The van der Waals surface area contributed by atoms with Crippen LogP contribution in [0.1, 0.15) is 43.7 Å². The molecule has 168 valence electrons. The van der Waals surface area contributed by atoms with E-state index in [4.69, 9.17) is 14.2 Å². The number of aliphatic imine (C=N–C) groups is 1. The van der Waals surface area contributed by atoms with Crippen LogP contribution in [-0.4, -0.2) is 77.1 Å². The lowest BCUT2D eigenvalue weighted by atomic mass is 10.0. The third-order valence-electron chi connectivity index (χ3n) is 5.87. The van der Waals surface area contributed by atoms with E-state index in [2.05, 4.69) is 44.8 Å². The number of nitrogens with zero attached hydrogens (tertiary/aromatic N) is 2. The molecule has 30 heavy (non-hydrogen) atoms. The van der Waals surface area contributed by atoms with Crippen LogP contribution < -0.4 is 15.4 Å². The Hall–Kier alpha value is -1.83.